The molecule has 1 aromatic rings. The van der Waals surface area contributed by atoms with Crippen molar-refractivity contribution in [1.29, 1.82) is 0 Å². The van der Waals surface area contributed by atoms with Crippen LogP contribution in [0.25, 0.3) is 0 Å². The minimum Gasteiger partial charge on any atom is -0.356 e. The van der Waals surface area contributed by atoms with E-state index in [2.05, 4.69) is 21.2 Å². The summed E-state index contributed by atoms with van der Waals surface area (Å²) in [6, 6.07) is 7.99. The van der Waals surface area contributed by atoms with Gasteiger partial charge in [-0.1, -0.05) is 28.1 Å². The largest absolute Gasteiger partial charge is 0.356 e. The lowest BCUT2D eigenvalue weighted by Gasteiger charge is -2.22. The van der Waals surface area contributed by atoms with Crippen LogP contribution >= 0.6 is 15.9 Å². The molecular weight excluding hydrogens is 242 g/mol. The average Bonchev–Trinajstić information content (AvgIpc) is 2.18. The van der Waals surface area contributed by atoms with Gasteiger partial charge in [0.05, 0.1) is 5.92 Å². The van der Waals surface area contributed by atoms with Gasteiger partial charge in [-0.2, -0.15) is 0 Å². The number of rotatable bonds is 1. The van der Waals surface area contributed by atoms with Crippen LogP contribution in [0.3, 0.4) is 0 Å². The molecule has 1 N–H and O–H groups in total. The van der Waals surface area contributed by atoms with E-state index in [1.807, 2.05) is 24.3 Å². The number of amides is 1. The molecule has 0 bridgehead atoms. The third-order valence-electron chi connectivity index (χ3n) is 2.54. The predicted octanol–water partition coefficient (Wildman–Crippen LogP) is 2.44. The highest BCUT2D eigenvalue weighted by Crippen LogP contribution is 2.26. The lowest BCUT2D eigenvalue weighted by atomic mass is 9.91. The van der Waals surface area contributed by atoms with Crippen molar-refractivity contribution in [3.05, 3.63) is 34.3 Å². The second-order valence-electron chi connectivity index (χ2n) is 3.54. The maximum absolute atomic E-state index is 11.6. The van der Waals surface area contributed by atoms with Crippen LogP contribution in [0.5, 0.6) is 0 Å². The van der Waals surface area contributed by atoms with Crippen molar-refractivity contribution in [3.8, 4) is 0 Å². The van der Waals surface area contributed by atoms with E-state index in [0.29, 0.717) is 0 Å². The number of piperidine rings is 1. The zero-order valence-electron chi connectivity index (χ0n) is 7.79. The fourth-order valence-corrected chi connectivity index (χ4v) is 2.23. The highest BCUT2D eigenvalue weighted by Gasteiger charge is 2.23. The number of hydrogen-bond acceptors (Lipinski definition) is 1. The van der Waals surface area contributed by atoms with Gasteiger partial charge in [-0.25, -0.2) is 0 Å². The number of benzene rings is 1. The lowest BCUT2D eigenvalue weighted by molar-refractivity contribution is -0.123. The normalized spacial score (nSPS) is 21.8. The first kappa shape index (κ1) is 9.71. The first-order valence-corrected chi connectivity index (χ1v) is 5.60. The molecule has 0 saturated carbocycles. The number of nitrogens with one attached hydrogen (secondary N) is 1. The van der Waals surface area contributed by atoms with Gasteiger partial charge in [0.2, 0.25) is 5.91 Å². The Bertz CT molecular complexity index is 351. The van der Waals surface area contributed by atoms with Gasteiger partial charge in [-0.15, -0.1) is 0 Å². The van der Waals surface area contributed by atoms with Crippen molar-refractivity contribution in [3.63, 3.8) is 0 Å². The van der Waals surface area contributed by atoms with Gasteiger partial charge in [-0.05, 0) is 30.5 Å². The summed E-state index contributed by atoms with van der Waals surface area (Å²) in [5.74, 6) is 0.204. The SMILES string of the molecule is O=C1NCCCC1c1cccc(Br)c1. The highest BCUT2D eigenvalue weighted by atomic mass is 79.9. The van der Waals surface area contributed by atoms with Gasteiger partial charge < -0.3 is 5.32 Å². The Morgan fingerprint density at radius 1 is 1.43 bits per heavy atom. The number of hydrogen-bond donors (Lipinski definition) is 1. The molecule has 0 aromatic heterocycles. The summed E-state index contributed by atoms with van der Waals surface area (Å²) in [6.45, 7) is 0.823. The molecule has 1 aliphatic rings. The van der Waals surface area contributed by atoms with Gasteiger partial charge >= 0.3 is 0 Å². The Labute approximate surface area is 91.8 Å². The maximum atomic E-state index is 11.6. The topological polar surface area (TPSA) is 29.1 Å². The van der Waals surface area contributed by atoms with Gasteiger partial charge in [0.1, 0.15) is 0 Å². The Hall–Kier alpha value is -0.830. The predicted molar refractivity (Wildman–Crippen MR) is 59.1 cm³/mol. The summed E-state index contributed by atoms with van der Waals surface area (Å²) in [7, 11) is 0. The standard InChI is InChI=1S/C11H12BrNO/c12-9-4-1-3-8(7-9)10-5-2-6-13-11(10)14/h1,3-4,7,10H,2,5-6H2,(H,13,14). The Morgan fingerprint density at radius 3 is 3.00 bits per heavy atom. The molecule has 1 unspecified atom stereocenters. The van der Waals surface area contributed by atoms with Gasteiger partial charge in [0, 0.05) is 11.0 Å². The Kier molecular flexibility index (Phi) is 2.87. The molecule has 2 nitrogen and oxygen atoms in total. The molecule has 1 heterocycles. The van der Waals surface area contributed by atoms with Crippen molar-refractivity contribution < 1.29 is 4.79 Å². The molecule has 1 aromatic carbocycles. The van der Waals surface area contributed by atoms with Crippen LogP contribution in [0, 0.1) is 0 Å². The zero-order valence-corrected chi connectivity index (χ0v) is 9.38. The van der Waals surface area contributed by atoms with E-state index in [-0.39, 0.29) is 11.8 Å². The second-order valence-corrected chi connectivity index (χ2v) is 4.46. The van der Waals surface area contributed by atoms with E-state index in [1.165, 1.54) is 0 Å². The van der Waals surface area contributed by atoms with Crippen LogP contribution in [0.1, 0.15) is 24.3 Å². The number of halogens is 1. The van der Waals surface area contributed by atoms with Crippen LogP contribution in [0.4, 0.5) is 0 Å². The molecule has 3 heteroatoms. The molecule has 1 aliphatic heterocycles. The molecule has 2 rings (SSSR count). The van der Waals surface area contributed by atoms with Gasteiger partial charge in [-0.3, -0.25) is 4.79 Å². The molecule has 74 valence electrons. The molecule has 0 aliphatic carbocycles. The van der Waals surface area contributed by atoms with Gasteiger partial charge in [0.25, 0.3) is 0 Å². The van der Waals surface area contributed by atoms with Crippen LogP contribution in [0.2, 0.25) is 0 Å². The molecule has 0 spiro atoms. The molecule has 14 heavy (non-hydrogen) atoms. The third-order valence-corrected chi connectivity index (χ3v) is 3.03. The summed E-state index contributed by atoms with van der Waals surface area (Å²) in [6.07, 6.45) is 2.03. The Balaban J connectivity index is 2.24. The van der Waals surface area contributed by atoms with E-state index < -0.39 is 0 Å². The van der Waals surface area contributed by atoms with Crippen LogP contribution < -0.4 is 5.32 Å². The van der Waals surface area contributed by atoms with Crippen LogP contribution in [-0.4, -0.2) is 12.5 Å². The zero-order chi connectivity index (χ0) is 9.97. The maximum Gasteiger partial charge on any atom is 0.227 e. The summed E-state index contributed by atoms with van der Waals surface area (Å²) in [5.41, 5.74) is 1.11. The molecular formula is C11H12BrNO. The van der Waals surface area contributed by atoms with E-state index in [9.17, 15) is 4.79 Å². The number of carbonyl (C=O) groups excluding carboxylic acids is 1. The van der Waals surface area contributed by atoms with Crippen molar-refractivity contribution in [1.82, 2.24) is 5.32 Å². The first-order chi connectivity index (χ1) is 6.77. The number of carbonyl (C=O) groups is 1. The minimum atomic E-state index is 0.0428. The van der Waals surface area contributed by atoms with E-state index >= 15 is 0 Å². The van der Waals surface area contributed by atoms with Gasteiger partial charge in [0.15, 0.2) is 0 Å². The summed E-state index contributed by atoms with van der Waals surface area (Å²) in [4.78, 5) is 11.6. The average molecular weight is 254 g/mol. The van der Waals surface area contributed by atoms with Crippen molar-refractivity contribution >= 4 is 21.8 Å². The molecule has 1 atom stereocenters. The van der Waals surface area contributed by atoms with Crippen molar-refractivity contribution in [2.24, 2.45) is 0 Å². The quantitative estimate of drug-likeness (QED) is 0.819. The van der Waals surface area contributed by atoms with Crippen LogP contribution in [-0.2, 0) is 4.79 Å². The summed E-state index contributed by atoms with van der Waals surface area (Å²) < 4.78 is 1.04. The molecule has 1 saturated heterocycles. The van der Waals surface area contributed by atoms with Crippen molar-refractivity contribution in [2.75, 3.05) is 6.54 Å². The monoisotopic (exact) mass is 253 g/mol. The third kappa shape index (κ3) is 1.98. The van der Waals surface area contributed by atoms with E-state index in [1.54, 1.807) is 0 Å². The first-order valence-electron chi connectivity index (χ1n) is 4.80. The highest BCUT2D eigenvalue weighted by molar-refractivity contribution is 9.10. The summed E-state index contributed by atoms with van der Waals surface area (Å²) >= 11 is 3.42. The fraction of sp³-hybridized carbons (Fsp3) is 0.364. The van der Waals surface area contributed by atoms with Crippen LogP contribution in [0.15, 0.2) is 28.7 Å². The minimum absolute atomic E-state index is 0.0428. The van der Waals surface area contributed by atoms with E-state index in [0.717, 1.165) is 29.4 Å². The van der Waals surface area contributed by atoms with E-state index in [4.69, 9.17) is 0 Å². The Morgan fingerprint density at radius 2 is 2.29 bits per heavy atom. The fourth-order valence-electron chi connectivity index (χ4n) is 1.81. The molecule has 1 fully saturated rings. The second kappa shape index (κ2) is 4.13. The molecule has 1 amide bonds. The smallest absolute Gasteiger partial charge is 0.227 e. The molecule has 0 radical (unpaired) electrons. The lowest BCUT2D eigenvalue weighted by Crippen LogP contribution is -2.34. The summed E-state index contributed by atoms with van der Waals surface area (Å²) in [5, 5.41) is 2.90. The van der Waals surface area contributed by atoms with Crippen molar-refractivity contribution in [2.45, 2.75) is 18.8 Å².